The molecule has 0 spiro atoms. The van der Waals surface area contributed by atoms with E-state index in [1.807, 2.05) is 0 Å². The fraction of sp³-hybridized carbons (Fsp3) is 0.263. The summed E-state index contributed by atoms with van der Waals surface area (Å²) in [6.45, 7) is 0.115. The minimum absolute atomic E-state index is 0.150. The Morgan fingerprint density at radius 3 is 2.26 bits per heavy atom. The molecule has 0 radical (unpaired) electrons. The highest BCUT2D eigenvalue weighted by atomic mass is 32.2. The highest BCUT2D eigenvalue weighted by molar-refractivity contribution is 7.88. The number of carbonyl (C=O) groups excluding carboxylic acids is 1. The SMILES string of the molecule is CN(Cc1ccc(OCC(=O)Nc2ccc(CC#N)cc2)cc1)S(C)(=O)=O. The van der Waals surface area contributed by atoms with Crippen LogP contribution < -0.4 is 10.1 Å². The zero-order valence-electron chi connectivity index (χ0n) is 15.2. The van der Waals surface area contributed by atoms with Crippen LogP contribution in [0.5, 0.6) is 5.75 Å². The predicted molar refractivity (Wildman–Crippen MR) is 103 cm³/mol. The number of hydrogen-bond donors (Lipinski definition) is 1. The van der Waals surface area contributed by atoms with E-state index in [0.717, 1.165) is 17.4 Å². The van der Waals surface area contributed by atoms with Crippen LogP contribution in [0, 0.1) is 11.3 Å². The highest BCUT2D eigenvalue weighted by Gasteiger charge is 2.11. The number of sulfonamides is 1. The molecule has 2 aromatic rings. The second-order valence-corrected chi connectivity index (χ2v) is 8.12. The molecule has 0 aliphatic rings. The Balaban J connectivity index is 1.83. The second kappa shape index (κ2) is 9.16. The Labute approximate surface area is 159 Å². The predicted octanol–water partition coefficient (Wildman–Crippen LogP) is 2.16. The quantitative estimate of drug-likeness (QED) is 0.748. The largest absolute Gasteiger partial charge is 0.484 e. The van der Waals surface area contributed by atoms with Crippen LogP contribution in [0.4, 0.5) is 5.69 Å². The zero-order chi connectivity index (χ0) is 19.9. The van der Waals surface area contributed by atoms with Gasteiger partial charge in [0.25, 0.3) is 5.91 Å². The van der Waals surface area contributed by atoms with E-state index >= 15 is 0 Å². The monoisotopic (exact) mass is 387 g/mol. The van der Waals surface area contributed by atoms with Gasteiger partial charge >= 0.3 is 0 Å². The number of nitriles is 1. The topological polar surface area (TPSA) is 99.5 Å². The molecule has 142 valence electrons. The molecule has 0 aliphatic heterocycles. The van der Waals surface area contributed by atoms with Crippen LogP contribution in [-0.2, 0) is 27.8 Å². The van der Waals surface area contributed by atoms with Gasteiger partial charge in [0, 0.05) is 19.3 Å². The molecule has 27 heavy (non-hydrogen) atoms. The fourth-order valence-corrected chi connectivity index (χ4v) is 2.59. The number of nitrogens with one attached hydrogen (secondary N) is 1. The van der Waals surface area contributed by atoms with Gasteiger partial charge in [0.05, 0.1) is 18.7 Å². The van der Waals surface area contributed by atoms with Gasteiger partial charge in [-0.2, -0.15) is 5.26 Å². The number of carbonyl (C=O) groups is 1. The average Bonchev–Trinajstić information content (AvgIpc) is 2.62. The molecule has 0 bridgehead atoms. The molecule has 1 N–H and O–H groups in total. The van der Waals surface area contributed by atoms with Crippen LogP contribution in [0.2, 0.25) is 0 Å². The van der Waals surface area contributed by atoms with E-state index in [-0.39, 0.29) is 19.1 Å². The van der Waals surface area contributed by atoms with Gasteiger partial charge in [-0.05, 0) is 35.4 Å². The molecule has 0 saturated carbocycles. The first kappa shape index (κ1) is 20.4. The maximum Gasteiger partial charge on any atom is 0.262 e. The summed E-state index contributed by atoms with van der Waals surface area (Å²) in [7, 11) is -1.72. The molecule has 0 heterocycles. The summed E-state index contributed by atoms with van der Waals surface area (Å²) in [5.41, 5.74) is 2.33. The molecule has 0 unspecified atom stereocenters. The van der Waals surface area contributed by atoms with Crippen LogP contribution in [-0.4, -0.2) is 38.5 Å². The van der Waals surface area contributed by atoms with Crippen molar-refractivity contribution in [2.24, 2.45) is 0 Å². The minimum atomic E-state index is -3.24. The molecule has 0 atom stereocenters. The minimum Gasteiger partial charge on any atom is -0.484 e. The highest BCUT2D eigenvalue weighted by Crippen LogP contribution is 2.15. The Kier molecular flexibility index (Phi) is 6.93. The summed E-state index contributed by atoms with van der Waals surface area (Å²) in [6, 6.07) is 16.0. The summed E-state index contributed by atoms with van der Waals surface area (Å²) in [5.74, 6) is 0.212. The van der Waals surface area contributed by atoms with Crippen molar-refractivity contribution in [3.63, 3.8) is 0 Å². The summed E-state index contributed by atoms with van der Waals surface area (Å²) >= 11 is 0. The molecule has 0 fully saturated rings. The van der Waals surface area contributed by atoms with Crippen LogP contribution >= 0.6 is 0 Å². The van der Waals surface area contributed by atoms with E-state index in [1.165, 1.54) is 11.4 Å². The Morgan fingerprint density at radius 2 is 1.70 bits per heavy atom. The van der Waals surface area contributed by atoms with E-state index < -0.39 is 10.0 Å². The van der Waals surface area contributed by atoms with Crippen LogP contribution in [0.1, 0.15) is 11.1 Å². The normalized spacial score (nSPS) is 11.0. The summed E-state index contributed by atoms with van der Waals surface area (Å²) in [6.07, 6.45) is 1.48. The number of hydrogen-bond acceptors (Lipinski definition) is 5. The fourth-order valence-electron chi connectivity index (χ4n) is 2.21. The molecular formula is C19H21N3O4S. The van der Waals surface area contributed by atoms with Gasteiger partial charge in [0.2, 0.25) is 10.0 Å². The van der Waals surface area contributed by atoms with Crippen LogP contribution in [0.15, 0.2) is 48.5 Å². The Hall–Kier alpha value is -2.89. The Bertz CT molecular complexity index is 917. The molecular weight excluding hydrogens is 366 g/mol. The molecule has 8 heteroatoms. The van der Waals surface area contributed by atoms with Crippen molar-refractivity contribution in [1.29, 1.82) is 5.26 Å². The van der Waals surface area contributed by atoms with Crippen molar-refractivity contribution in [1.82, 2.24) is 4.31 Å². The maximum atomic E-state index is 12.0. The van der Waals surface area contributed by atoms with Crippen molar-refractivity contribution in [3.05, 3.63) is 59.7 Å². The van der Waals surface area contributed by atoms with Crippen molar-refractivity contribution < 1.29 is 17.9 Å². The lowest BCUT2D eigenvalue weighted by atomic mass is 10.1. The zero-order valence-corrected chi connectivity index (χ0v) is 16.0. The van der Waals surface area contributed by atoms with Crippen molar-refractivity contribution in [3.8, 4) is 11.8 Å². The molecule has 2 rings (SSSR count). The smallest absolute Gasteiger partial charge is 0.262 e. The Morgan fingerprint density at radius 1 is 1.11 bits per heavy atom. The number of anilines is 1. The molecule has 7 nitrogen and oxygen atoms in total. The number of amides is 1. The molecule has 2 aromatic carbocycles. The third-order valence-corrected chi connectivity index (χ3v) is 5.05. The number of nitrogens with zero attached hydrogens (tertiary/aromatic N) is 2. The standard InChI is InChI=1S/C19H21N3O4S/c1-22(27(2,24)25)13-16-5-9-18(10-6-16)26-14-19(23)21-17-7-3-15(4-8-17)11-12-20/h3-10H,11,13-14H2,1-2H3,(H,21,23). The van der Waals surface area contributed by atoms with Gasteiger partial charge in [-0.25, -0.2) is 12.7 Å². The first-order valence-electron chi connectivity index (χ1n) is 8.17. The van der Waals surface area contributed by atoms with Gasteiger partial charge in [0.15, 0.2) is 6.61 Å². The van der Waals surface area contributed by atoms with Crippen LogP contribution in [0.25, 0.3) is 0 Å². The number of rotatable bonds is 8. The molecule has 0 saturated heterocycles. The van der Waals surface area contributed by atoms with E-state index in [4.69, 9.17) is 10.00 Å². The van der Waals surface area contributed by atoms with E-state index in [2.05, 4.69) is 11.4 Å². The third-order valence-electron chi connectivity index (χ3n) is 3.79. The van der Waals surface area contributed by atoms with E-state index in [0.29, 0.717) is 17.9 Å². The van der Waals surface area contributed by atoms with Gasteiger partial charge in [-0.3, -0.25) is 4.79 Å². The average molecular weight is 387 g/mol. The van der Waals surface area contributed by atoms with Crippen molar-refractivity contribution in [2.45, 2.75) is 13.0 Å². The lowest BCUT2D eigenvalue weighted by molar-refractivity contribution is -0.118. The number of benzene rings is 2. The van der Waals surface area contributed by atoms with E-state index in [9.17, 15) is 13.2 Å². The van der Waals surface area contributed by atoms with Gasteiger partial charge < -0.3 is 10.1 Å². The van der Waals surface area contributed by atoms with E-state index in [1.54, 1.807) is 48.5 Å². The lowest BCUT2D eigenvalue weighted by Gasteiger charge is -2.14. The molecule has 0 aliphatic carbocycles. The summed E-state index contributed by atoms with van der Waals surface area (Å²) < 4.78 is 29.5. The third kappa shape index (κ3) is 6.73. The van der Waals surface area contributed by atoms with Gasteiger partial charge in [0.1, 0.15) is 5.75 Å². The van der Waals surface area contributed by atoms with Crippen molar-refractivity contribution in [2.75, 3.05) is 25.2 Å². The first-order valence-corrected chi connectivity index (χ1v) is 10.0. The summed E-state index contributed by atoms with van der Waals surface area (Å²) in [5, 5.41) is 11.4. The first-order chi connectivity index (χ1) is 12.8. The second-order valence-electron chi connectivity index (χ2n) is 6.03. The molecule has 0 aromatic heterocycles. The van der Waals surface area contributed by atoms with Crippen LogP contribution in [0.3, 0.4) is 0 Å². The number of ether oxygens (including phenoxy) is 1. The van der Waals surface area contributed by atoms with Gasteiger partial charge in [-0.1, -0.05) is 24.3 Å². The van der Waals surface area contributed by atoms with Crippen molar-refractivity contribution >= 4 is 21.6 Å². The molecule has 1 amide bonds. The summed E-state index contributed by atoms with van der Waals surface area (Å²) in [4.78, 5) is 12.0. The lowest BCUT2D eigenvalue weighted by Crippen LogP contribution is -2.24. The van der Waals surface area contributed by atoms with Gasteiger partial charge in [-0.15, -0.1) is 0 Å². The maximum absolute atomic E-state index is 12.0.